The fraction of sp³-hybridized carbons (Fsp3) is 0.611. The lowest BCUT2D eigenvalue weighted by Crippen LogP contribution is -2.41. The van der Waals surface area contributed by atoms with Crippen LogP contribution in [0.3, 0.4) is 0 Å². The highest BCUT2D eigenvalue weighted by atomic mass is 32.1. The SMILES string of the molecule is Nc1nc(COC(=O)C2(O)CCCCC2)nc2sc3c(c12)CCCC3. The van der Waals surface area contributed by atoms with Gasteiger partial charge in [-0.25, -0.2) is 14.8 Å². The smallest absolute Gasteiger partial charge is 0.338 e. The molecule has 0 bridgehead atoms. The van der Waals surface area contributed by atoms with Crippen molar-refractivity contribution < 1.29 is 14.6 Å². The van der Waals surface area contributed by atoms with Gasteiger partial charge in [0.2, 0.25) is 0 Å². The number of carbonyl (C=O) groups excluding carboxylic acids is 1. The van der Waals surface area contributed by atoms with E-state index < -0.39 is 11.6 Å². The van der Waals surface area contributed by atoms with Crippen LogP contribution >= 0.6 is 11.3 Å². The van der Waals surface area contributed by atoms with Crippen molar-refractivity contribution in [2.75, 3.05) is 5.73 Å². The Morgan fingerprint density at radius 2 is 1.92 bits per heavy atom. The third-order valence-corrected chi connectivity index (χ3v) is 6.47. The van der Waals surface area contributed by atoms with E-state index in [9.17, 15) is 9.90 Å². The van der Waals surface area contributed by atoms with E-state index in [-0.39, 0.29) is 6.61 Å². The molecule has 25 heavy (non-hydrogen) atoms. The van der Waals surface area contributed by atoms with E-state index in [0.717, 1.165) is 42.3 Å². The van der Waals surface area contributed by atoms with Gasteiger partial charge < -0.3 is 15.6 Å². The molecule has 2 aliphatic carbocycles. The number of thiophene rings is 1. The van der Waals surface area contributed by atoms with Crippen molar-refractivity contribution in [2.24, 2.45) is 0 Å². The molecule has 0 atom stereocenters. The number of aryl methyl sites for hydroxylation is 2. The van der Waals surface area contributed by atoms with Gasteiger partial charge in [-0.1, -0.05) is 6.42 Å². The number of aliphatic hydroxyl groups is 1. The van der Waals surface area contributed by atoms with Crippen LogP contribution in [0.2, 0.25) is 0 Å². The number of aromatic nitrogens is 2. The molecular weight excluding hydrogens is 338 g/mol. The summed E-state index contributed by atoms with van der Waals surface area (Å²) in [5.74, 6) is 0.295. The van der Waals surface area contributed by atoms with Crippen molar-refractivity contribution in [3.8, 4) is 0 Å². The van der Waals surface area contributed by atoms with Gasteiger partial charge in [0.15, 0.2) is 18.0 Å². The number of fused-ring (bicyclic) bond motifs is 3. The summed E-state index contributed by atoms with van der Waals surface area (Å²) in [7, 11) is 0. The molecule has 2 aromatic rings. The zero-order chi connectivity index (χ0) is 17.4. The molecule has 2 heterocycles. The van der Waals surface area contributed by atoms with E-state index in [4.69, 9.17) is 10.5 Å². The molecule has 3 N–H and O–H groups in total. The maximum Gasteiger partial charge on any atom is 0.338 e. The maximum atomic E-state index is 12.2. The lowest BCUT2D eigenvalue weighted by Gasteiger charge is -2.29. The van der Waals surface area contributed by atoms with Crippen LogP contribution in [0.4, 0.5) is 5.82 Å². The third-order valence-electron chi connectivity index (χ3n) is 5.28. The molecule has 0 saturated heterocycles. The van der Waals surface area contributed by atoms with Gasteiger partial charge in [-0.2, -0.15) is 0 Å². The molecule has 1 fully saturated rings. The molecule has 6 nitrogen and oxygen atoms in total. The molecule has 0 radical (unpaired) electrons. The van der Waals surface area contributed by atoms with Gasteiger partial charge in [0, 0.05) is 4.88 Å². The van der Waals surface area contributed by atoms with Crippen LogP contribution < -0.4 is 5.73 Å². The number of rotatable bonds is 3. The van der Waals surface area contributed by atoms with E-state index in [1.54, 1.807) is 11.3 Å². The number of ether oxygens (including phenoxy) is 1. The van der Waals surface area contributed by atoms with Crippen molar-refractivity contribution >= 4 is 33.3 Å². The van der Waals surface area contributed by atoms with Crippen LogP contribution in [-0.2, 0) is 29.0 Å². The minimum atomic E-state index is -1.35. The van der Waals surface area contributed by atoms with Gasteiger partial charge in [-0.15, -0.1) is 11.3 Å². The predicted molar refractivity (Wildman–Crippen MR) is 96.3 cm³/mol. The van der Waals surface area contributed by atoms with Crippen molar-refractivity contribution in [3.63, 3.8) is 0 Å². The number of nitrogens with zero attached hydrogens (tertiary/aromatic N) is 2. The molecule has 0 aromatic carbocycles. The summed E-state index contributed by atoms with van der Waals surface area (Å²) in [5.41, 5.74) is 6.11. The van der Waals surface area contributed by atoms with Gasteiger partial charge >= 0.3 is 5.97 Å². The van der Waals surface area contributed by atoms with Crippen LogP contribution in [0.25, 0.3) is 10.2 Å². The number of nitrogens with two attached hydrogens (primary N) is 1. The standard InChI is InChI=1S/C18H23N3O3S/c19-15-14-11-6-2-3-7-12(11)25-16(14)21-13(20-15)10-24-17(22)18(23)8-4-1-5-9-18/h23H,1-10H2,(H2,19,20,21). The molecule has 2 aromatic heterocycles. The quantitative estimate of drug-likeness (QED) is 0.816. The highest BCUT2D eigenvalue weighted by molar-refractivity contribution is 7.19. The first kappa shape index (κ1) is 16.7. The Bertz CT molecular complexity index is 811. The highest BCUT2D eigenvalue weighted by Crippen LogP contribution is 2.37. The molecule has 2 aliphatic rings. The Morgan fingerprint density at radius 3 is 2.72 bits per heavy atom. The Morgan fingerprint density at radius 1 is 1.16 bits per heavy atom. The zero-order valence-electron chi connectivity index (χ0n) is 14.2. The largest absolute Gasteiger partial charge is 0.455 e. The van der Waals surface area contributed by atoms with E-state index in [0.29, 0.717) is 24.5 Å². The average molecular weight is 361 g/mol. The molecule has 4 rings (SSSR count). The van der Waals surface area contributed by atoms with E-state index in [2.05, 4.69) is 9.97 Å². The van der Waals surface area contributed by atoms with Gasteiger partial charge in [0.25, 0.3) is 0 Å². The summed E-state index contributed by atoms with van der Waals surface area (Å²) in [4.78, 5) is 23.4. The normalized spacial score (nSPS) is 19.6. The summed E-state index contributed by atoms with van der Waals surface area (Å²) in [6.45, 7) is -0.0517. The van der Waals surface area contributed by atoms with Gasteiger partial charge in [0.05, 0.1) is 5.39 Å². The second kappa shape index (κ2) is 6.53. The molecule has 134 valence electrons. The number of anilines is 1. The summed E-state index contributed by atoms with van der Waals surface area (Å²) in [6.07, 6.45) is 8.17. The lowest BCUT2D eigenvalue weighted by molar-refractivity contribution is -0.170. The van der Waals surface area contributed by atoms with E-state index in [1.165, 1.54) is 23.3 Å². The molecule has 1 saturated carbocycles. The summed E-state index contributed by atoms with van der Waals surface area (Å²) < 4.78 is 5.31. The Balaban J connectivity index is 1.53. The number of carbonyl (C=O) groups is 1. The van der Waals surface area contributed by atoms with Crippen LogP contribution in [0.5, 0.6) is 0 Å². The Hall–Kier alpha value is -1.73. The first-order chi connectivity index (χ1) is 12.1. The first-order valence-corrected chi connectivity index (χ1v) is 9.85. The van der Waals surface area contributed by atoms with Crippen molar-refractivity contribution in [2.45, 2.75) is 70.0 Å². The number of esters is 1. The van der Waals surface area contributed by atoms with Crippen molar-refractivity contribution in [1.82, 2.24) is 9.97 Å². The minimum Gasteiger partial charge on any atom is -0.455 e. The molecule has 0 amide bonds. The molecule has 0 spiro atoms. The predicted octanol–water partition coefficient (Wildman–Crippen LogP) is 2.89. The zero-order valence-corrected chi connectivity index (χ0v) is 15.0. The number of hydrogen-bond donors (Lipinski definition) is 2. The summed E-state index contributed by atoms with van der Waals surface area (Å²) >= 11 is 1.67. The van der Waals surface area contributed by atoms with Crippen LogP contribution in [0.1, 0.15) is 61.2 Å². The Kier molecular flexibility index (Phi) is 4.37. The summed E-state index contributed by atoms with van der Waals surface area (Å²) in [5, 5.41) is 11.4. The first-order valence-electron chi connectivity index (χ1n) is 9.03. The van der Waals surface area contributed by atoms with E-state index >= 15 is 0 Å². The van der Waals surface area contributed by atoms with Gasteiger partial charge in [-0.05, 0) is 56.9 Å². The van der Waals surface area contributed by atoms with Crippen LogP contribution in [-0.4, -0.2) is 26.6 Å². The van der Waals surface area contributed by atoms with E-state index in [1.807, 2.05) is 0 Å². The number of hydrogen-bond acceptors (Lipinski definition) is 7. The maximum absolute atomic E-state index is 12.2. The van der Waals surface area contributed by atoms with Crippen LogP contribution in [0.15, 0.2) is 0 Å². The molecular formula is C18H23N3O3S. The summed E-state index contributed by atoms with van der Waals surface area (Å²) in [6, 6.07) is 0. The lowest BCUT2D eigenvalue weighted by atomic mass is 9.85. The molecule has 0 aliphatic heterocycles. The highest BCUT2D eigenvalue weighted by Gasteiger charge is 2.38. The van der Waals surface area contributed by atoms with Crippen LogP contribution in [0, 0.1) is 0 Å². The topological polar surface area (TPSA) is 98.3 Å². The van der Waals surface area contributed by atoms with Crippen molar-refractivity contribution in [3.05, 3.63) is 16.3 Å². The third kappa shape index (κ3) is 3.11. The fourth-order valence-corrected chi connectivity index (χ4v) is 5.19. The average Bonchev–Trinajstić information content (AvgIpc) is 2.99. The van der Waals surface area contributed by atoms with Gasteiger partial charge in [-0.3, -0.25) is 0 Å². The molecule has 7 heteroatoms. The number of nitrogen functional groups attached to an aromatic ring is 1. The monoisotopic (exact) mass is 361 g/mol. The molecule has 0 unspecified atom stereocenters. The second-order valence-corrected chi connectivity index (χ2v) is 8.17. The fourth-order valence-electron chi connectivity index (χ4n) is 3.90. The van der Waals surface area contributed by atoms with Gasteiger partial charge in [0.1, 0.15) is 10.6 Å². The minimum absolute atomic E-state index is 0.0517. The Labute approximate surface area is 150 Å². The second-order valence-electron chi connectivity index (χ2n) is 7.08. The van der Waals surface area contributed by atoms with Crippen molar-refractivity contribution in [1.29, 1.82) is 0 Å².